The summed E-state index contributed by atoms with van der Waals surface area (Å²) in [4.78, 5) is 40.8. The van der Waals surface area contributed by atoms with E-state index < -0.39 is 48.7 Å². The summed E-state index contributed by atoms with van der Waals surface area (Å²) in [5.41, 5.74) is -0.309. The molecule has 0 saturated carbocycles. The summed E-state index contributed by atoms with van der Waals surface area (Å²) in [5.74, 6) is -2.57. The molecule has 0 unspecified atom stereocenters. The van der Waals surface area contributed by atoms with Crippen LogP contribution in [0.3, 0.4) is 0 Å². The molecule has 222 valence electrons. The molecule has 0 radical (unpaired) electrons. The van der Waals surface area contributed by atoms with E-state index >= 15 is 0 Å². The normalized spacial score (nSPS) is 14.3. The molecule has 1 aromatic carbocycles. The Morgan fingerprint density at radius 2 is 1.80 bits per heavy atom. The highest BCUT2D eigenvalue weighted by atomic mass is 35.5. The lowest BCUT2D eigenvalue weighted by Crippen LogP contribution is -2.45. The molecule has 1 N–H and O–H groups in total. The van der Waals surface area contributed by atoms with Gasteiger partial charge in [0.05, 0.1) is 7.11 Å². The number of esters is 2. The van der Waals surface area contributed by atoms with Crippen molar-refractivity contribution in [2.24, 2.45) is 10.9 Å². The number of rotatable bonds is 16. The number of methoxy groups -OCH3 is 1. The first-order chi connectivity index (χ1) is 18.9. The van der Waals surface area contributed by atoms with Crippen LogP contribution in [0, 0.1) is 11.7 Å². The fourth-order valence-electron chi connectivity index (χ4n) is 3.77. The molecule has 0 aliphatic heterocycles. The lowest BCUT2D eigenvalue weighted by Gasteiger charge is -2.31. The van der Waals surface area contributed by atoms with E-state index in [4.69, 9.17) is 35.3 Å². The highest BCUT2D eigenvalue weighted by Gasteiger charge is 2.32. The van der Waals surface area contributed by atoms with Crippen LogP contribution in [0.5, 0.6) is 5.75 Å². The number of nitrogens with one attached hydrogen (secondary N) is 1. The summed E-state index contributed by atoms with van der Waals surface area (Å²) < 4.78 is 41.0. The average molecular weight is 585 g/mol. The molecule has 0 saturated heterocycles. The SMILES string of the molecule is C=N/C(C(=O)N[C@@H](C)C(=O)O[C@@H](C)[C@@H](Oc1cc(F)cc(Cl)c1)C(CC)CC)=C(OCOC(C)=O)\C(=C/C)OC. The Bertz CT molecular complexity index is 1080. The van der Waals surface area contributed by atoms with Gasteiger partial charge in [0, 0.05) is 18.0 Å². The van der Waals surface area contributed by atoms with Gasteiger partial charge in [0.15, 0.2) is 17.2 Å². The number of hydrogen-bond donors (Lipinski definition) is 1. The molecule has 1 amide bonds. The van der Waals surface area contributed by atoms with Crippen molar-refractivity contribution in [3.63, 3.8) is 0 Å². The Labute approximate surface area is 239 Å². The summed E-state index contributed by atoms with van der Waals surface area (Å²) in [5, 5.41) is 2.67. The van der Waals surface area contributed by atoms with E-state index in [1.54, 1.807) is 13.8 Å². The smallest absolute Gasteiger partial charge is 0.328 e. The molecule has 0 aliphatic rings. The highest BCUT2D eigenvalue weighted by molar-refractivity contribution is 6.30. The Kier molecular flexibility index (Phi) is 14.8. The van der Waals surface area contributed by atoms with Crippen LogP contribution in [0.2, 0.25) is 5.02 Å². The Morgan fingerprint density at radius 3 is 2.30 bits per heavy atom. The third kappa shape index (κ3) is 10.5. The summed E-state index contributed by atoms with van der Waals surface area (Å²) in [6, 6.07) is 2.72. The van der Waals surface area contributed by atoms with E-state index in [0.717, 1.165) is 6.07 Å². The fraction of sp³-hybridized carbons (Fsp3) is 0.500. The number of aliphatic imine (C=N–C) groups is 1. The second kappa shape index (κ2) is 17.2. The maximum atomic E-state index is 13.9. The lowest BCUT2D eigenvalue weighted by atomic mass is 9.93. The predicted octanol–water partition coefficient (Wildman–Crippen LogP) is 5.10. The second-order valence-electron chi connectivity index (χ2n) is 8.69. The zero-order valence-electron chi connectivity index (χ0n) is 23.9. The number of halogens is 2. The first kappa shape index (κ1) is 34.4. The summed E-state index contributed by atoms with van der Waals surface area (Å²) in [6.45, 7) is 12.7. The standard InChI is InChI=1S/C28H38ClFN2O8/c1-9-19(10-2)25(40-22-13-20(29)12-21(30)14-22)17(5)39-28(35)16(4)32-27(34)24(31-7)26(23(11-3)36-8)38-15-37-18(6)33/h11-14,16-17,19,25H,7,9-10,15H2,1-6,8H3,(H,32,34)/b23-11+,26-24+/t16-,17-,25+/m0/s1. The van der Waals surface area contributed by atoms with Crippen molar-refractivity contribution in [2.45, 2.75) is 72.6 Å². The van der Waals surface area contributed by atoms with Gasteiger partial charge >= 0.3 is 11.9 Å². The fourth-order valence-corrected chi connectivity index (χ4v) is 3.99. The van der Waals surface area contributed by atoms with Crippen LogP contribution >= 0.6 is 11.6 Å². The maximum absolute atomic E-state index is 13.9. The third-order valence-electron chi connectivity index (χ3n) is 5.85. The average Bonchev–Trinajstić information content (AvgIpc) is 2.88. The van der Waals surface area contributed by atoms with E-state index in [9.17, 15) is 18.8 Å². The van der Waals surface area contributed by atoms with E-state index in [1.165, 1.54) is 39.2 Å². The van der Waals surface area contributed by atoms with Gasteiger partial charge in [0.1, 0.15) is 29.8 Å². The Hall–Kier alpha value is -3.60. The van der Waals surface area contributed by atoms with Crippen LogP contribution in [0.1, 0.15) is 54.4 Å². The molecule has 40 heavy (non-hydrogen) atoms. The molecule has 0 aromatic heterocycles. The molecule has 0 fully saturated rings. The van der Waals surface area contributed by atoms with E-state index in [0.29, 0.717) is 12.8 Å². The number of carbonyl (C=O) groups excluding carboxylic acids is 3. The molecule has 1 rings (SSSR count). The zero-order chi connectivity index (χ0) is 30.4. The van der Waals surface area contributed by atoms with Gasteiger partial charge in [-0.15, -0.1) is 0 Å². The predicted molar refractivity (Wildman–Crippen MR) is 148 cm³/mol. The van der Waals surface area contributed by atoms with Gasteiger partial charge in [-0.1, -0.05) is 25.4 Å². The van der Waals surface area contributed by atoms with Gasteiger partial charge in [-0.3, -0.25) is 14.6 Å². The minimum Gasteiger partial charge on any atom is -0.493 e. The summed E-state index contributed by atoms with van der Waals surface area (Å²) in [7, 11) is 1.35. The number of benzene rings is 1. The van der Waals surface area contributed by atoms with Crippen LogP contribution in [-0.4, -0.2) is 56.7 Å². The van der Waals surface area contributed by atoms with E-state index in [1.807, 2.05) is 13.8 Å². The van der Waals surface area contributed by atoms with Gasteiger partial charge in [0.25, 0.3) is 5.91 Å². The second-order valence-corrected chi connectivity index (χ2v) is 9.13. The van der Waals surface area contributed by atoms with Crippen LogP contribution in [0.25, 0.3) is 0 Å². The number of ether oxygens (including phenoxy) is 5. The molecular formula is C28H38ClFN2O8. The van der Waals surface area contributed by atoms with Gasteiger partial charge in [-0.2, -0.15) is 0 Å². The number of hydrogen-bond acceptors (Lipinski definition) is 9. The van der Waals surface area contributed by atoms with Crippen LogP contribution in [0.4, 0.5) is 4.39 Å². The quantitative estimate of drug-likeness (QED) is 0.0711. The third-order valence-corrected chi connectivity index (χ3v) is 6.07. The number of amides is 1. The van der Waals surface area contributed by atoms with Crippen LogP contribution < -0.4 is 10.1 Å². The molecule has 0 aliphatic carbocycles. The zero-order valence-corrected chi connectivity index (χ0v) is 24.7. The van der Waals surface area contributed by atoms with Gasteiger partial charge in [0.2, 0.25) is 6.79 Å². The van der Waals surface area contributed by atoms with Gasteiger partial charge < -0.3 is 29.0 Å². The molecule has 1 aromatic rings. The Morgan fingerprint density at radius 1 is 1.15 bits per heavy atom. The van der Waals surface area contributed by atoms with Crippen molar-refractivity contribution in [2.75, 3.05) is 13.9 Å². The van der Waals surface area contributed by atoms with Crippen molar-refractivity contribution in [3.05, 3.63) is 52.3 Å². The first-order valence-corrected chi connectivity index (χ1v) is 13.1. The molecule has 0 spiro atoms. The van der Waals surface area contributed by atoms with Crippen LogP contribution in [-0.2, 0) is 33.3 Å². The van der Waals surface area contributed by atoms with E-state index in [2.05, 4.69) is 17.0 Å². The van der Waals surface area contributed by atoms with Crippen molar-refractivity contribution in [1.82, 2.24) is 5.32 Å². The van der Waals surface area contributed by atoms with E-state index in [-0.39, 0.29) is 33.9 Å². The topological polar surface area (TPSA) is 122 Å². The van der Waals surface area contributed by atoms with Gasteiger partial charge in [-0.05, 0) is 64.5 Å². The van der Waals surface area contributed by atoms with Crippen molar-refractivity contribution < 1.29 is 42.5 Å². The monoisotopic (exact) mass is 584 g/mol. The Balaban J connectivity index is 3.11. The van der Waals surface area contributed by atoms with Crippen LogP contribution in [0.15, 0.2) is 46.5 Å². The minimum atomic E-state index is -1.12. The van der Waals surface area contributed by atoms with Crippen molar-refractivity contribution >= 4 is 36.2 Å². The molecule has 10 nitrogen and oxygen atoms in total. The highest BCUT2D eigenvalue weighted by Crippen LogP contribution is 2.27. The molecular weight excluding hydrogens is 547 g/mol. The maximum Gasteiger partial charge on any atom is 0.328 e. The molecule has 3 atom stereocenters. The molecule has 0 heterocycles. The largest absolute Gasteiger partial charge is 0.493 e. The summed E-state index contributed by atoms with van der Waals surface area (Å²) in [6.07, 6.45) is 1.54. The minimum absolute atomic E-state index is 0.0283. The molecule has 0 bridgehead atoms. The number of carbonyl (C=O) groups is 3. The first-order valence-electron chi connectivity index (χ1n) is 12.7. The molecule has 12 heteroatoms. The summed E-state index contributed by atoms with van der Waals surface area (Å²) >= 11 is 5.97. The number of allylic oxidation sites excluding steroid dienone is 1. The van der Waals surface area contributed by atoms with Gasteiger partial charge in [-0.25, -0.2) is 9.18 Å². The lowest BCUT2D eigenvalue weighted by molar-refractivity contribution is -0.157. The van der Waals surface area contributed by atoms with Crippen molar-refractivity contribution in [3.8, 4) is 5.75 Å². The van der Waals surface area contributed by atoms with Crippen molar-refractivity contribution in [1.29, 1.82) is 0 Å². The number of nitrogens with zero attached hydrogens (tertiary/aromatic N) is 1.